The van der Waals surface area contributed by atoms with Crippen molar-refractivity contribution < 1.29 is 17.6 Å². The van der Waals surface area contributed by atoms with Crippen molar-refractivity contribution in [3.63, 3.8) is 0 Å². The van der Waals surface area contributed by atoms with E-state index in [1.54, 1.807) is 24.3 Å². The second-order valence-corrected chi connectivity index (χ2v) is 5.78. The van der Waals surface area contributed by atoms with Crippen molar-refractivity contribution in [3.8, 4) is 29.0 Å². The molecule has 0 fully saturated rings. The van der Waals surface area contributed by atoms with Gasteiger partial charge in [-0.15, -0.1) is 10.2 Å². The van der Waals surface area contributed by atoms with E-state index in [0.717, 1.165) is 0 Å². The van der Waals surface area contributed by atoms with Crippen LogP contribution in [0.2, 0.25) is 0 Å². The third-order valence-corrected chi connectivity index (χ3v) is 3.93. The molecule has 4 aromatic rings. The maximum Gasteiger partial charge on any atom is 0.417 e. The van der Waals surface area contributed by atoms with Gasteiger partial charge in [0.25, 0.3) is 6.43 Å². The predicted octanol–water partition coefficient (Wildman–Crippen LogP) is 3.39. The first-order chi connectivity index (χ1) is 13.5. The van der Waals surface area contributed by atoms with Crippen LogP contribution in [0.15, 0.2) is 50.0 Å². The lowest BCUT2D eigenvalue weighted by molar-refractivity contribution is 0.163. The number of anilines is 1. The molecule has 0 saturated carbocycles. The van der Waals surface area contributed by atoms with Crippen LogP contribution in [0.3, 0.4) is 0 Å². The van der Waals surface area contributed by atoms with E-state index in [2.05, 4.69) is 20.5 Å². The third kappa shape index (κ3) is 3.33. The van der Waals surface area contributed by atoms with E-state index in [4.69, 9.17) is 8.83 Å². The summed E-state index contributed by atoms with van der Waals surface area (Å²) in [6.07, 6.45) is -2.54. The van der Waals surface area contributed by atoms with E-state index < -0.39 is 18.7 Å². The van der Waals surface area contributed by atoms with Crippen molar-refractivity contribution in [2.75, 3.05) is 11.9 Å². The zero-order valence-electron chi connectivity index (χ0n) is 14.1. The molecule has 2 N–H and O–H groups in total. The molecule has 0 aliphatic heterocycles. The monoisotopic (exact) mass is 383 g/mol. The lowest BCUT2D eigenvalue weighted by Crippen LogP contribution is -2.11. The minimum absolute atomic E-state index is 0.155. The van der Waals surface area contributed by atoms with Gasteiger partial charge >= 0.3 is 5.76 Å². The number of halogens is 2. The fourth-order valence-electron chi connectivity index (χ4n) is 2.65. The van der Waals surface area contributed by atoms with Crippen LogP contribution in [0.1, 0.15) is 5.56 Å². The van der Waals surface area contributed by atoms with Gasteiger partial charge in [-0.1, -0.05) is 0 Å². The van der Waals surface area contributed by atoms with Gasteiger partial charge in [0, 0.05) is 11.1 Å². The lowest BCUT2D eigenvalue weighted by Gasteiger charge is -2.08. The molecular formula is C18H11F2N5O3. The minimum atomic E-state index is -2.54. The van der Waals surface area contributed by atoms with Gasteiger partial charge in [-0.3, -0.25) is 4.98 Å². The zero-order chi connectivity index (χ0) is 19.7. The van der Waals surface area contributed by atoms with Crippen molar-refractivity contribution in [2.45, 2.75) is 6.43 Å². The first-order valence-electron chi connectivity index (χ1n) is 8.07. The Bertz CT molecular complexity index is 1250. The van der Waals surface area contributed by atoms with Crippen LogP contribution >= 0.6 is 0 Å². The van der Waals surface area contributed by atoms with Crippen molar-refractivity contribution in [1.29, 1.82) is 5.26 Å². The van der Waals surface area contributed by atoms with Crippen LogP contribution in [-0.4, -0.2) is 28.2 Å². The van der Waals surface area contributed by atoms with Crippen molar-refractivity contribution in [3.05, 3.63) is 52.5 Å². The van der Waals surface area contributed by atoms with Gasteiger partial charge in [0.2, 0.25) is 11.8 Å². The Morgan fingerprint density at radius 2 is 1.82 bits per heavy atom. The van der Waals surface area contributed by atoms with Crippen LogP contribution in [0.4, 0.5) is 14.5 Å². The van der Waals surface area contributed by atoms with E-state index in [9.17, 15) is 18.8 Å². The van der Waals surface area contributed by atoms with E-state index in [1.807, 2.05) is 6.07 Å². The topological polar surface area (TPSA) is 121 Å². The maximum atomic E-state index is 12.4. The van der Waals surface area contributed by atoms with E-state index in [1.165, 1.54) is 12.1 Å². The van der Waals surface area contributed by atoms with Gasteiger partial charge in [-0.05, 0) is 36.4 Å². The third-order valence-electron chi connectivity index (χ3n) is 3.93. The van der Waals surface area contributed by atoms with Crippen LogP contribution in [0.25, 0.3) is 34.0 Å². The summed E-state index contributed by atoms with van der Waals surface area (Å²) in [6, 6.07) is 11.4. The Hall–Kier alpha value is -4.00. The number of aromatic nitrogens is 3. The second kappa shape index (κ2) is 6.96. The summed E-state index contributed by atoms with van der Waals surface area (Å²) < 4.78 is 35.4. The Balaban J connectivity index is 1.64. The Morgan fingerprint density at radius 1 is 1.11 bits per heavy atom. The molecule has 0 spiro atoms. The second-order valence-electron chi connectivity index (χ2n) is 5.78. The van der Waals surface area contributed by atoms with Crippen LogP contribution < -0.4 is 11.1 Å². The molecule has 0 unspecified atom stereocenters. The molecule has 0 saturated heterocycles. The van der Waals surface area contributed by atoms with E-state index in [0.29, 0.717) is 27.9 Å². The fraction of sp³-hybridized carbons (Fsp3) is 0.111. The van der Waals surface area contributed by atoms with Gasteiger partial charge < -0.3 is 14.2 Å². The molecule has 10 heteroatoms. The number of nitriles is 1. The smallest absolute Gasteiger partial charge is 0.416 e. The number of alkyl halides is 2. The van der Waals surface area contributed by atoms with Gasteiger partial charge in [0.05, 0.1) is 23.3 Å². The summed E-state index contributed by atoms with van der Waals surface area (Å²) in [4.78, 5) is 13.8. The molecule has 2 aromatic heterocycles. The number of benzene rings is 2. The molecule has 2 aromatic carbocycles. The molecular weight excluding hydrogens is 372 g/mol. The number of H-pyrrole nitrogens is 1. The zero-order valence-corrected chi connectivity index (χ0v) is 14.1. The molecule has 28 heavy (non-hydrogen) atoms. The number of rotatable bonds is 5. The summed E-state index contributed by atoms with van der Waals surface area (Å²) in [6.45, 7) is -0.559. The number of oxazole rings is 1. The Morgan fingerprint density at radius 3 is 2.54 bits per heavy atom. The quantitative estimate of drug-likeness (QED) is 0.542. The largest absolute Gasteiger partial charge is 0.417 e. The maximum absolute atomic E-state index is 12.4. The van der Waals surface area contributed by atoms with Gasteiger partial charge in [0.1, 0.15) is 6.07 Å². The molecule has 0 radical (unpaired) electrons. The number of nitrogens with zero attached hydrogens (tertiary/aromatic N) is 3. The fourth-order valence-corrected chi connectivity index (χ4v) is 2.65. The summed E-state index contributed by atoms with van der Waals surface area (Å²) in [5.74, 6) is -0.218. The molecule has 0 atom stereocenters. The average Bonchev–Trinajstić information content (AvgIpc) is 3.31. The molecule has 2 heterocycles. The summed E-state index contributed by atoms with van der Waals surface area (Å²) >= 11 is 0. The molecule has 0 aliphatic rings. The number of hydrogen-bond donors (Lipinski definition) is 2. The Kier molecular flexibility index (Phi) is 4.33. The average molecular weight is 383 g/mol. The highest BCUT2D eigenvalue weighted by Gasteiger charge is 2.14. The minimum Gasteiger partial charge on any atom is -0.416 e. The van der Waals surface area contributed by atoms with E-state index >= 15 is 0 Å². The number of aromatic amines is 1. The molecule has 0 aliphatic carbocycles. The summed E-state index contributed by atoms with van der Waals surface area (Å²) in [5, 5.41) is 19.7. The Labute approximate surface area is 155 Å². The van der Waals surface area contributed by atoms with Crippen molar-refractivity contribution in [1.82, 2.24) is 15.2 Å². The van der Waals surface area contributed by atoms with Crippen molar-refractivity contribution >= 4 is 16.8 Å². The molecule has 4 rings (SSSR count). The predicted molar refractivity (Wildman–Crippen MR) is 94.8 cm³/mol. The highest BCUT2D eigenvalue weighted by molar-refractivity contribution is 5.78. The molecule has 8 nitrogen and oxygen atoms in total. The molecule has 140 valence electrons. The number of fused-ring (bicyclic) bond motifs is 1. The van der Waals surface area contributed by atoms with E-state index in [-0.39, 0.29) is 17.3 Å². The number of nitrogens with one attached hydrogen (secondary N) is 2. The number of hydrogen-bond acceptors (Lipinski definition) is 7. The first kappa shape index (κ1) is 17.4. The van der Waals surface area contributed by atoms with Gasteiger partial charge in [0.15, 0.2) is 5.58 Å². The molecule has 0 amide bonds. The summed E-state index contributed by atoms with van der Waals surface area (Å²) in [5.41, 5.74) is 2.37. The summed E-state index contributed by atoms with van der Waals surface area (Å²) in [7, 11) is 0. The highest BCUT2D eigenvalue weighted by atomic mass is 19.3. The van der Waals surface area contributed by atoms with Crippen molar-refractivity contribution in [2.24, 2.45) is 0 Å². The van der Waals surface area contributed by atoms with Crippen LogP contribution in [0.5, 0.6) is 0 Å². The highest BCUT2D eigenvalue weighted by Crippen LogP contribution is 2.28. The standard InChI is InChI=1S/C18H11F2N5O3/c19-15(20)8-22-12-3-1-9(5-11(12)7-21)16-24-25-17(28-16)10-2-4-13-14(6-10)27-18(26)23-13/h1-6,15,22H,8H2,(H,23,26). The normalized spacial score (nSPS) is 11.1. The SMILES string of the molecule is N#Cc1cc(-c2nnc(-c3ccc4[nH]c(=O)oc4c3)o2)ccc1NCC(F)F. The van der Waals surface area contributed by atoms with Gasteiger partial charge in [-0.25, -0.2) is 13.6 Å². The van der Waals surface area contributed by atoms with Crippen LogP contribution in [-0.2, 0) is 0 Å². The first-order valence-corrected chi connectivity index (χ1v) is 8.07. The van der Waals surface area contributed by atoms with Gasteiger partial charge in [-0.2, -0.15) is 5.26 Å². The lowest BCUT2D eigenvalue weighted by atomic mass is 10.1. The molecule has 0 bridgehead atoms. The van der Waals surface area contributed by atoms with Crippen LogP contribution in [0, 0.1) is 11.3 Å².